The van der Waals surface area contributed by atoms with E-state index in [0.29, 0.717) is 74.9 Å². The van der Waals surface area contributed by atoms with Crippen molar-refractivity contribution in [3.63, 3.8) is 0 Å². The van der Waals surface area contributed by atoms with Gasteiger partial charge in [-0.05, 0) is 133 Å². The fourth-order valence-corrected chi connectivity index (χ4v) is 9.98. The van der Waals surface area contributed by atoms with Crippen LogP contribution in [0.3, 0.4) is 0 Å². The number of rotatable bonds is 18. The molecule has 8 N–H and O–H groups in total. The van der Waals surface area contributed by atoms with Gasteiger partial charge in [0.25, 0.3) is 0 Å². The number of fused-ring (bicyclic) bond motifs is 1. The molecule has 1 fully saturated rings. The SMILES string of the molecule is O=C(NCCCCCCNc1ncnc2c1ncn2[C@@H]1O[C@H](COP(=O)(O)O)[C@@H](O)[C@H]1O)[C@H](Cc1cc(I)c(Oc2cc(I)c(O)c(I)c2)c(I)c1)NC(=O)C(F)(F)F. The second-order valence-corrected chi connectivity index (χ2v) is 18.9. The highest BCUT2D eigenvalue weighted by molar-refractivity contribution is 14.1. The van der Waals surface area contributed by atoms with E-state index < -0.39 is 63.0 Å². The maximum Gasteiger partial charge on any atom is 0.471 e. The molecule has 1 aliphatic heterocycles. The first-order chi connectivity index (χ1) is 27.7. The van der Waals surface area contributed by atoms with Crippen molar-refractivity contribution >= 4 is 127 Å². The molecule has 5 rings (SSSR count). The number of carbonyl (C=O) groups is 2. The van der Waals surface area contributed by atoms with E-state index in [4.69, 9.17) is 19.3 Å². The number of aromatic hydroxyl groups is 1. The molecule has 2 aromatic heterocycles. The van der Waals surface area contributed by atoms with Crippen molar-refractivity contribution < 1.29 is 66.4 Å². The summed E-state index contributed by atoms with van der Waals surface area (Å²) in [5, 5.41) is 38.6. The van der Waals surface area contributed by atoms with Crippen LogP contribution in [0.5, 0.6) is 17.2 Å². The molecule has 1 saturated heterocycles. The van der Waals surface area contributed by atoms with E-state index in [1.54, 1.807) is 24.3 Å². The van der Waals surface area contributed by atoms with Crippen LogP contribution in [-0.2, 0) is 29.8 Å². The number of ether oxygens (including phenoxy) is 2. The minimum Gasteiger partial charge on any atom is -0.506 e. The third kappa shape index (κ3) is 13.0. The molecule has 3 heterocycles. The number of halogens is 7. The lowest BCUT2D eigenvalue weighted by molar-refractivity contribution is -0.174. The Kier molecular flexibility index (Phi) is 17.1. The van der Waals surface area contributed by atoms with Crippen LogP contribution in [0.4, 0.5) is 19.0 Å². The molecule has 0 spiro atoms. The molecule has 5 atom stereocenters. The monoisotopic (exact) mass is 1300 g/mol. The van der Waals surface area contributed by atoms with Gasteiger partial charge >= 0.3 is 19.9 Å². The lowest BCUT2D eigenvalue weighted by Crippen LogP contribution is -2.51. The van der Waals surface area contributed by atoms with E-state index in [0.717, 1.165) is 0 Å². The highest BCUT2D eigenvalue weighted by atomic mass is 127. The molecule has 4 aromatic rings. The topological polar surface area (TPSA) is 260 Å². The van der Waals surface area contributed by atoms with Crippen LogP contribution in [0.1, 0.15) is 37.5 Å². The van der Waals surface area contributed by atoms with E-state index in [2.05, 4.69) is 30.1 Å². The third-order valence-electron chi connectivity index (χ3n) is 8.66. The highest BCUT2D eigenvalue weighted by Crippen LogP contribution is 2.40. The van der Waals surface area contributed by atoms with Gasteiger partial charge in [0.2, 0.25) is 5.91 Å². The lowest BCUT2D eigenvalue weighted by atomic mass is 10.0. The Balaban J connectivity index is 1.10. The average Bonchev–Trinajstić information content (AvgIpc) is 3.71. The first-order valence-electron chi connectivity index (χ1n) is 17.4. The molecule has 0 aliphatic carbocycles. The number of phenolic OH excluding ortho intramolecular Hbond substituents is 1. The number of unbranched alkanes of at least 4 members (excludes halogenated alkanes) is 3. The summed E-state index contributed by atoms with van der Waals surface area (Å²) in [6, 6.07) is 5.11. The van der Waals surface area contributed by atoms with E-state index in [1.807, 2.05) is 95.7 Å². The number of nitrogens with zero attached hydrogens (tertiary/aromatic N) is 4. The number of anilines is 1. The minimum atomic E-state index is -5.20. The van der Waals surface area contributed by atoms with Crippen molar-refractivity contribution in [3.8, 4) is 17.2 Å². The van der Waals surface area contributed by atoms with Crippen LogP contribution < -0.4 is 20.7 Å². The van der Waals surface area contributed by atoms with Gasteiger partial charge < -0.3 is 50.5 Å². The zero-order valence-corrected chi connectivity index (χ0v) is 39.6. The highest BCUT2D eigenvalue weighted by Gasteiger charge is 2.45. The number of aliphatic hydroxyl groups excluding tert-OH is 2. The molecule has 18 nitrogen and oxygen atoms in total. The Morgan fingerprint density at radius 1 is 0.932 bits per heavy atom. The molecule has 2 aromatic carbocycles. The van der Waals surface area contributed by atoms with Gasteiger partial charge in [0.05, 0.1) is 27.2 Å². The van der Waals surface area contributed by atoms with E-state index in [-0.39, 0.29) is 24.4 Å². The fraction of sp³-hybridized carbons (Fsp3) is 0.424. The fourth-order valence-electron chi connectivity index (χ4n) is 5.81. The van der Waals surface area contributed by atoms with Crippen molar-refractivity contribution in [2.24, 2.45) is 0 Å². The Bertz CT molecular complexity index is 2160. The molecule has 0 radical (unpaired) electrons. The Hall–Kier alpha value is -1.97. The molecule has 26 heteroatoms. The number of amides is 2. The average molecular weight is 1300 g/mol. The number of carbonyl (C=O) groups excluding carboxylic acids is 2. The van der Waals surface area contributed by atoms with Crippen LogP contribution in [0.25, 0.3) is 11.2 Å². The first-order valence-corrected chi connectivity index (χ1v) is 23.2. The number of aromatic nitrogens is 4. The molecular weight excluding hydrogens is 1270 g/mol. The van der Waals surface area contributed by atoms with Crippen molar-refractivity contribution in [3.05, 3.63) is 56.8 Å². The Morgan fingerprint density at radius 2 is 1.58 bits per heavy atom. The summed E-state index contributed by atoms with van der Waals surface area (Å²) >= 11 is 7.99. The number of hydrogen-bond acceptors (Lipinski definition) is 13. The number of phenols is 1. The van der Waals surface area contributed by atoms with Gasteiger partial charge in [0.15, 0.2) is 29.0 Å². The quantitative estimate of drug-likeness (QED) is 0.0377. The van der Waals surface area contributed by atoms with Gasteiger partial charge in [-0.3, -0.25) is 18.7 Å². The third-order valence-corrected chi connectivity index (χ3v) is 12.4. The largest absolute Gasteiger partial charge is 0.506 e. The van der Waals surface area contributed by atoms with Crippen LogP contribution in [0.15, 0.2) is 36.9 Å². The van der Waals surface area contributed by atoms with Crippen molar-refractivity contribution in [2.45, 2.75) is 68.9 Å². The number of alkyl halides is 3. The van der Waals surface area contributed by atoms with Crippen molar-refractivity contribution in [2.75, 3.05) is 25.0 Å². The van der Waals surface area contributed by atoms with Gasteiger partial charge in [0, 0.05) is 19.5 Å². The van der Waals surface area contributed by atoms with Crippen molar-refractivity contribution in [1.82, 2.24) is 30.2 Å². The molecule has 2 amide bonds. The number of phosphoric acid groups is 1. The second-order valence-electron chi connectivity index (χ2n) is 13.0. The maximum absolute atomic E-state index is 13.2. The Morgan fingerprint density at radius 3 is 2.20 bits per heavy atom. The summed E-state index contributed by atoms with van der Waals surface area (Å²) in [7, 11) is -4.84. The van der Waals surface area contributed by atoms with Crippen LogP contribution >= 0.6 is 98.2 Å². The first kappa shape index (κ1) is 48.1. The van der Waals surface area contributed by atoms with Gasteiger partial charge in [-0.2, -0.15) is 13.2 Å². The summed E-state index contributed by atoms with van der Waals surface area (Å²) in [6.07, 6.45) is -5.77. The van der Waals surface area contributed by atoms with E-state index in [1.165, 1.54) is 17.2 Å². The summed E-state index contributed by atoms with van der Waals surface area (Å²) < 4.78 is 70.6. The summed E-state index contributed by atoms with van der Waals surface area (Å²) in [6.45, 7) is -0.0683. The normalized spacial score (nSPS) is 18.8. The smallest absolute Gasteiger partial charge is 0.471 e. The minimum absolute atomic E-state index is 0.128. The summed E-state index contributed by atoms with van der Waals surface area (Å²) in [5.74, 6) is -1.56. The van der Waals surface area contributed by atoms with Gasteiger partial charge in [-0.25, -0.2) is 19.5 Å². The van der Waals surface area contributed by atoms with Crippen LogP contribution in [-0.4, -0.2) is 107 Å². The zero-order valence-electron chi connectivity index (χ0n) is 30.1. The predicted octanol–water partition coefficient (Wildman–Crippen LogP) is 4.85. The van der Waals surface area contributed by atoms with E-state index in [9.17, 15) is 42.6 Å². The second kappa shape index (κ2) is 20.9. The van der Waals surface area contributed by atoms with Crippen LogP contribution in [0, 0.1) is 14.3 Å². The van der Waals surface area contributed by atoms with Crippen molar-refractivity contribution in [1.29, 1.82) is 0 Å². The van der Waals surface area contributed by atoms with E-state index >= 15 is 0 Å². The molecule has 0 bridgehead atoms. The number of phosphoric ester groups is 1. The summed E-state index contributed by atoms with van der Waals surface area (Å²) in [4.78, 5) is 55.7. The number of benzene rings is 2. The Labute approximate surface area is 388 Å². The standard InChI is InChI=1S/C33H35F3I4N7O11P/c34-33(35,36)32(52)46-21(9-15-7-19(39)27(20(40)8-15)57-16-10-17(37)24(48)18(38)11-16)30(51)42-6-4-2-1-3-5-41-28-23-29(44-13-43-28)47(14-45-23)31-26(50)25(49)22(58-31)12-56-59(53,54)55/h7-8,10-11,13-14,21-22,25-26,31,48-50H,1-6,9,12H2,(H,42,51)(H,46,52)(H,41,43,44)(H2,53,54,55)/t21-,22+,25+,26+,31+/m0/s1. The predicted molar refractivity (Wildman–Crippen MR) is 236 cm³/mol. The molecule has 0 saturated carbocycles. The number of hydrogen-bond donors (Lipinski definition) is 8. The van der Waals surface area contributed by atoms with Gasteiger partial charge in [-0.1, -0.05) is 12.8 Å². The molecular formula is C33H35F3I4N7O11P. The molecule has 322 valence electrons. The molecule has 1 aliphatic rings. The number of imidazole rings is 1. The van der Waals surface area contributed by atoms with Gasteiger partial charge in [-0.15, -0.1) is 0 Å². The number of nitrogens with one attached hydrogen (secondary N) is 3. The lowest BCUT2D eigenvalue weighted by Gasteiger charge is -2.20. The van der Waals surface area contributed by atoms with Gasteiger partial charge in [0.1, 0.15) is 42.2 Å². The zero-order chi connectivity index (χ0) is 43.2. The molecule has 59 heavy (non-hydrogen) atoms. The maximum atomic E-state index is 13.2. The molecule has 0 unspecified atom stereocenters. The number of aliphatic hydroxyl groups is 2. The van der Waals surface area contributed by atoms with Crippen LogP contribution in [0.2, 0.25) is 0 Å². The summed E-state index contributed by atoms with van der Waals surface area (Å²) in [5.41, 5.74) is 1.07.